The van der Waals surface area contributed by atoms with E-state index in [1.807, 2.05) is 6.92 Å². The number of aliphatic hydroxyl groups is 1. The van der Waals surface area contributed by atoms with E-state index < -0.39 is 6.61 Å². The quantitative estimate of drug-likeness (QED) is 0.593. The van der Waals surface area contributed by atoms with Crippen molar-refractivity contribution < 1.29 is 33.6 Å². The van der Waals surface area contributed by atoms with Gasteiger partial charge in [0.2, 0.25) is 0 Å². The van der Waals surface area contributed by atoms with Crippen LogP contribution in [0.5, 0.6) is 17.2 Å². The van der Waals surface area contributed by atoms with Crippen molar-refractivity contribution in [1.29, 1.82) is 0 Å². The third kappa shape index (κ3) is 4.83. The highest BCUT2D eigenvalue weighted by atomic mass is 19.3. The minimum Gasteiger partial charge on any atom is -0.508 e. The highest BCUT2D eigenvalue weighted by Gasteiger charge is 2.19. The molecule has 2 aromatic rings. The fourth-order valence-corrected chi connectivity index (χ4v) is 2.83. The number of hydrogen-bond donors (Lipinski definition) is 3. The van der Waals surface area contributed by atoms with Crippen LogP contribution in [0.2, 0.25) is 0 Å². The summed E-state index contributed by atoms with van der Waals surface area (Å²) in [6, 6.07) is 8.26. The lowest BCUT2D eigenvalue weighted by molar-refractivity contribution is -0.0498. The Labute approximate surface area is 150 Å². The van der Waals surface area contributed by atoms with Gasteiger partial charge < -0.3 is 24.8 Å². The molecule has 0 bridgehead atoms. The Morgan fingerprint density at radius 1 is 1.12 bits per heavy atom. The summed E-state index contributed by atoms with van der Waals surface area (Å²) >= 11 is 0. The van der Waals surface area contributed by atoms with Gasteiger partial charge in [-0.1, -0.05) is 13.0 Å². The standard InChI is InChI=1S/C19H21F2O5/c1-2-14-15(6-8-25-9-7-22)18(17(24)11-16(14)23)12-4-3-5-13(10-12)26-19(20)21/h3,5,10-11,19,22-24H,2,6-9H2,1H3. The molecule has 0 heterocycles. The molecule has 0 saturated heterocycles. The smallest absolute Gasteiger partial charge is 0.387 e. The number of halogens is 2. The molecule has 0 aliphatic carbocycles. The predicted molar refractivity (Wildman–Crippen MR) is 91.7 cm³/mol. The first-order chi connectivity index (χ1) is 12.5. The van der Waals surface area contributed by atoms with E-state index in [0.717, 1.165) is 0 Å². The van der Waals surface area contributed by atoms with Crippen LogP contribution in [-0.2, 0) is 17.6 Å². The van der Waals surface area contributed by atoms with Crippen molar-refractivity contribution in [2.45, 2.75) is 26.4 Å². The Morgan fingerprint density at radius 2 is 1.88 bits per heavy atom. The van der Waals surface area contributed by atoms with Gasteiger partial charge in [0.25, 0.3) is 0 Å². The first-order valence-corrected chi connectivity index (χ1v) is 8.20. The molecule has 5 nitrogen and oxygen atoms in total. The van der Waals surface area contributed by atoms with Crippen LogP contribution >= 0.6 is 0 Å². The molecule has 0 amide bonds. The van der Waals surface area contributed by atoms with Crippen molar-refractivity contribution in [1.82, 2.24) is 0 Å². The normalized spacial score (nSPS) is 11.1. The Morgan fingerprint density at radius 3 is 2.54 bits per heavy atom. The molecule has 141 valence electrons. The Bertz CT molecular complexity index is 734. The predicted octanol–water partition coefficient (Wildman–Crippen LogP) is 3.28. The van der Waals surface area contributed by atoms with E-state index in [4.69, 9.17) is 9.84 Å². The summed E-state index contributed by atoms with van der Waals surface area (Å²) in [6.45, 7) is -0.786. The average Bonchev–Trinajstić information content (AvgIpc) is 2.58. The van der Waals surface area contributed by atoms with Crippen LogP contribution in [0.3, 0.4) is 0 Å². The summed E-state index contributed by atoms with van der Waals surface area (Å²) in [7, 11) is 0. The van der Waals surface area contributed by atoms with Gasteiger partial charge in [-0.15, -0.1) is 0 Å². The summed E-state index contributed by atoms with van der Waals surface area (Å²) in [5.41, 5.74) is 2.01. The topological polar surface area (TPSA) is 79.2 Å². The van der Waals surface area contributed by atoms with E-state index in [9.17, 15) is 19.0 Å². The summed E-state index contributed by atoms with van der Waals surface area (Å²) in [5, 5.41) is 29.3. The largest absolute Gasteiger partial charge is 0.508 e. The second-order valence-electron chi connectivity index (χ2n) is 5.50. The number of ether oxygens (including phenoxy) is 2. The number of hydrogen-bond acceptors (Lipinski definition) is 5. The Balaban J connectivity index is 2.49. The summed E-state index contributed by atoms with van der Waals surface area (Å²) in [5.74, 6) is -0.296. The monoisotopic (exact) mass is 367 g/mol. The zero-order chi connectivity index (χ0) is 19.1. The molecule has 1 radical (unpaired) electrons. The van der Waals surface area contributed by atoms with Crippen molar-refractivity contribution >= 4 is 0 Å². The highest BCUT2D eigenvalue weighted by molar-refractivity contribution is 5.77. The molecular formula is C19H21F2O5. The van der Waals surface area contributed by atoms with Crippen LogP contribution in [0.4, 0.5) is 8.78 Å². The molecule has 0 aliphatic heterocycles. The Kier molecular flexibility index (Phi) is 7.17. The van der Waals surface area contributed by atoms with Gasteiger partial charge >= 0.3 is 6.61 Å². The summed E-state index contributed by atoms with van der Waals surface area (Å²) < 4.78 is 34.6. The first kappa shape index (κ1) is 19.9. The number of alkyl halides is 2. The lowest BCUT2D eigenvalue weighted by Crippen LogP contribution is -2.07. The number of benzene rings is 2. The number of phenolic OH excluding ortho intramolecular Hbond substituents is 2. The van der Waals surface area contributed by atoms with Crippen molar-refractivity contribution in [3.63, 3.8) is 0 Å². The zero-order valence-corrected chi connectivity index (χ0v) is 14.3. The fourth-order valence-electron chi connectivity index (χ4n) is 2.83. The fraction of sp³-hybridized carbons (Fsp3) is 0.368. The SMILES string of the molecule is CCc1c(O)cc(O)c(-c2[c]ccc(OC(F)F)c2)c1CCOCCO. The molecule has 0 aromatic heterocycles. The van der Waals surface area contributed by atoms with Gasteiger partial charge in [-0.05, 0) is 47.7 Å². The highest BCUT2D eigenvalue weighted by Crippen LogP contribution is 2.40. The van der Waals surface area contributed by atoms with Crippen LogP contribution in [-0.4, -0.2) is 41.8 Å². The second-order valence-corrected chi connectivity index (χ2v) is 5.50. The molecule has 2 aromatic carbocycles. The van der Waals surface area contributed by atoms with Crippen LogP contribution in [0, 0.1) is 6.07 Å². The third-order valence-corrected chi connectivity index (χ3v) is 3.86. The van der Waals surface area contributed by atoms with Crippen LogP contribution < -0.4 is 4.74 Å². The first-order valence-electron chi connectivity index (χ1n) is 8.20. The van der Waals surface area contributed by atoms with Gasteiger partial charge in [-0.3, -0.25) is 0 Å². The molecule has 0 saturated carbocycles. The van der Waals surface area contributed by atoms with Crippen molar-refractivity contribution in [3.05, 3.63) is 41.5 Å². The van der Waals surface area contributed by atoms with Gasteiger partial charge in [0.15, 0.2) is 0 Å². The van der Waals surface area contributed by atoms with Crippen molar-refractivity contribution in [3.8, 4) is 28.4 Å². The maximum absolute atomic E-state index is 12.5. The summed E-state index contributed by atoms with van der Waals surface area (Å²) in [4.78, 5) is 0. The van der Waals surface area contributed by atoms with Crippen LogP contribution in [0.1, 0.15) is 18.1 Å². The molecule has 0 unspecified atom stereocenters. The number of phenols is 2. The minimum absolute atomic E-state index is 0.0501. The summed E-state index contributed by atoms with van der Waals surface area (Å²) in [6.07, 6.45) is 0.857. The molecule has 0 atom stereocenters. The minimum atomic E-state index is -2.96. The van der Waals surface area contributed by atoms with E-state index in [0.29, 0.717) is 35.1 Å². The maximum atomic E-state index is 12.5. The molecule has 0 aliphatic rings. The molecule has 2 rings (SSSR count). The number of aliphatic hydroxyl groups excluding tert-OH is 1. The third-order valence-electron chi connectivity index (χ3n) is 3.86. The maximum Gasteiger partial charge on any atom is 0.387 e. The lowest BCUT2D eigenvalue weighted by Gasteiger charge is -2.18. The van der Waals surface area contributed by atoms with Crippen molar-refractivity contribution in [2.24, 2.45) is 0 Å². The van der Waals surface area contributed by atoms with E-state index in [1.165, 1.54) is 24.3 Å². The molecular weight excluding hydrogens is 346 g/mol. The van der Waals surface area contributed by atoms with Crippen molar-refractivity contribution in [2.75, 3.05) is 19.8 Å². The van der Waals surface area contributed by atoms with Gasteiger partial charge in [0.05, 0.1) is 19.8 Å². The lowest BCUT2D eigenvalue weighted by atomic mass is 9.90. The number of rotatable bonds is 9. The molecule has 3 N–H and O–H groups in total. The van der Waals surface area contributed by atoms with E-state index in [-0.39, 0.29) is 37.1 Å². The van der Waals surface area contributed by atoms with Gasteiger partial charge in [-0.25, -0.2) is 0 Å². The average molecular weight is 367 g/mol. The van der Waals surface area contributed by atoms with Gasteiger partial charge in [0.1, 0.15) is 17.2 Å². The molecule has 7 heteroatoms. The molecule has 0 spiro atoms. The van der Waals surface area contributed by atoms with E-state index >= 15 is 0 Å². The van der Waals surface area contributed by atoms with Crippen LogP contribution in [0.25, 0.3) is 11.1 Å². The van der Waals surface area contributed by atoms with Gasteiger partial charge in [-0.2, -0.15) is 8.78 Å². The van der Waals surface area contributed by atoms with Crippen LogP contribution in [0.15, 0.2) is 24.3 Å². The van der Waals surface area contributed by atoms with Gasteiger partial charge in [0, 0.05) is 11.6 Å². The van der Waals surface area contributed by atoms with E-state index in [2.05, 4.69) is 10.8 Å². The molecule has 26 heavy (non-hydrogen) atoms. The second kappa shape index (κ2) is 9.35. The Hall–Kier alpha value is -2.38. The zero-order valence-electron chi connectivity index (χ0n) is 14.3. The number of aromatic hydroxyl groups is 2. The molecule has 0 fully saturated rings. The van der Waals surface area contributed by atoms with E-state index in [1.54, 1.807) is 0 Å².